The second kappa shape index (κ2) is 11.2. The lowest BCUT2D eigenvalue weighted by atomic mass is 10.0. The fourth-order valence-electron chi connectivity index (χ4n) is 2.87. The number of hydrogen-bond acceptors (Lipinski definition) is 5. The molecule has 0 bridgehead atoms. The van der Waals surface area contributed by atoms with E-state index < -0.39 is 23.0 Å². The summed E-state index contributed by atoms with van der Waals surface area (Å²) < 4.78 is 6.26. The minimum atomic E-state index is -0.945. The zero-order chi connectivity index (χ0) is 22.9. The van der Waals surface area contributed by atoms with Gasteiger partial charge in [0, 0.05) is 27.8 Å². The van der Waals surface area contributed by atoms with Gasteiger partial charge in [-0.15, -0.1) is 0 Å². The number of nitrogens with one attached hydrogen (secondary N) is 2. The van der Waals surface area contributed by atoms with Crippen LogP contribution in [-0.2, 0) is 22.6 Å². The molecular formula is C23H20IN3O5. The quantitative estimate of drug-likeness (QED) is 0.243. The first-order valence-corrected chi connectivity index (χ1v) is 10.8. The first kappa shape index (κ1) is 23.2. The van der Waals surface area contributed by atoms with Crippen molar-refractivity contribution in [1.82, 2.24) is 5.32 Å². The van der Waals surface area contributed by atoms with Crippen molar-refractivity contribution in [3.63, 3.8) is 0 Å². The maximum atomic E-state index is 12.9. The van der Waals surface area contributed by atoms with Gasteiger partial charge in [-0.05, 0) is 58.0 Å². The van der Waals surface area contributed by atoms with Crippen LogP contribution in [0.1, 0.15) is 11.1 Å². The van der Waals surface area contributed by atoms with Crippen molar-refractivity contribution in [3.8, 4) is 0 Å². The highest BCUT2D eigenvalue weighted by Gasteiger charge is 2.23. The minimum absolute atomic E-state index is 0.0520. The summed E-state index contributed by atoms with van der Waals surface area (Å²) in [4.78, 5) is 35.6. The molecule has 2 N–H and O–H groups in total. The highest BCUT2D eigenvalue weighted by atomic mass is 127. The number of carbonyl (C=O) groups excluding carboxylic acids is 2. The molecule has 3 rings (SSSR count). The van der Waals surface area contributed by atoms with Crippen LogP contribution in [0.2, 0.25) is 0 Å². The summed E-state index contributed by atoms with van der Waals surface area (Å²) in [7, 11) is 0. The van der Waals surface area contributed by atoms with Crippen LogP contribution in [0.4, 0.5) is 16.2 Å². The Morgan fingerprint density at radius 1 is 0.938 bits per heavy atom. The van der Waals surface area contributed by atoms with Crippen LogP contribution >= 0.6 is 22.6 Å². The Kier molecular flexibility index (Phi) is 8.14. The molecule has 0 aliphatic carbocycles. The van der Waals surface area contributed by atoms with E-state index in [9.17, 15) is 19.7 Å². The summed E-state index contributed by atoms with van der Waals surface area (Å²) in [6, 6.07) is 21.3. The molecule has 0 radical (unpaired) electrons. The van der Waals surface area contributed by atoms with Crippen LogP contribution in [0.15, 0.2) is 78.9 Å². The van der Waals surface area contributed by atoms with Gasteiger partial charge >= 0.3 is 6.09 Å². The number of rotatable bonds is 8. The summed E-state index contributed by atoms with van der Waals surface area (Å²) in [6.07, 6.45) is -0.604. The number of benzene rings is 3. The molecular weight excluding hydrogens is 525 g/mol. The molecule has 164 valence electrons. The predicted octanol–water partition coefficient (Wildman–Crippen LogP) is 4.68. The van der Waals surface area contributed by atoms with Crippen LogP contribution in [0, 0.1) is 13.7 Å². The summed E-state index contributed by atoms with van der Waals surface area (Å²) in [5.74, 6) is -0.429. The van der Waals surface area contributed by atoms with E-state index in [-0.39, 0.29) is 18.7 Å². The van der Waals surface area contributed by atoms with E-state index in [4.69, 9.17) is 4.74 Å². The zero-order valence-corrected chi connectivity index (χ0v) is 19.0. The summed E-state index contributed by atoms with van der Waals surface area (Å²) in [5, 5.41) is 16.2. The lowest BCUT2D eigenvalue weighted by Crippen LogP contribution is -2.45. The number of halogens is 1. The molecule has 0 saturated heterocycles. The summed E-state index contributed by atoms with van der Waals surface area (Å²) in [5.41, 5.74) is 2.01. The largest absolute Gasteiger partial charge is 0.445 e. The second-order valence-electron chi connectivity index (χ2n) is 6.88. The smallest absolute Gasteiger partial charge is 0.408 e. The van der Waals surface area contributed by atoms with E-state index in [0.29, 0.717) is 11.3 Å². The highest BCUT2D eigenvalue weighted by molar-refractivity contribution is 14.1. The van der Waals surface area contributed by atoms with E-state index >= 15 is 0 Å². The van der Waals surface area contributed by atoms with Gasteiger partial charge in [-0.3, -0.25) is 14.9 Å². The van der Waals surface area contributed by atoms with Gasteiger partial charge in [0.1, 0.15) is 12.6 Å². The number of non-ortho nitro benzene ring substituents is 1. The number of hydrogen-bond donors (Lipinski definition) is 2. The Bertz CT molecular complexity index is 1070. The van der Waals surface area contributed by atoms with Crippen molar-refractivity contribution < 1.29 is 19.2 Å². The lowest BCUT2D eigenvalue weighted by molar-refractivity contribution is -0.384. The zero-order valence-electron chi connectivity index (χ0n) is 16.9. The molecule has 0 aromatic heterocycles. The van der Waals surface area contributed by atoms with Crippen LogP contribution in [0.3, 0.4) is 0 Å². The Labute approximate surface area is 198 Å². The molecule has 8 nitrogen and oxygen atoms in total. The van der Waals surface area contributed by atoms with Crippen molar-refractivity contribution in [2.45, 2.75) is 19.1 Å². The molecule has 0 saturated carbocycles. The maximum absolute atomic E-state index is 12.9. The van der Waals surface area contributed by atoms with E-state index in [1.807, 2.05) is 42.5 Å². The third-order valence-corrected chi connectivity index (χ3v) is 5.24. The molecule has 0 spiro atoms. The topological polar surface area (TPSA) is 111 Å². The Morgan fingerprint density at radius 2 is 1.59 bits per heavy atom. The number of alkyl carbamates (subject to hydrolysis) is 1. The van der Waals surface area contributed by atoms with E-state index in [1.165, 1.54) is 12.1 Å². The normalized spacial score (nSPS) is 11.3. The van der Waals surface area contributed by atoms with Crippen LogP contribution in [-0.4, -0.2) is 23.0 Å². The van der Waals surface area contributed by atoms with E-state index in [1.54, 1.807) is 24.3 Å². The van der Waals surface area contributed by atoms with Gasteiger partial charge in [0.05, 0.1) is 4.92 Å². The van der Waals surface area contributed by atoms with Gasteiger partial charge in [-0.25, -0.2) is 4.79 Å². The average Bonchev–Trinajstić information content (AvgIpc) is 2.80. The number of nitro benzene ring substituents is 1. The number of carbonyl (C=O) groups is 2. The van der Waals surface area contributed by atoms with E-state index in [0.717, 1.165) is 9.13 Å². The van der Waals surface area contributed by atoms with Crippen molar-refractivity contribution in [2.75, 3.05) is 5.32 Å². The van der Waals surface area contributed by atoms with Crippen LogP contribution in [0.25, 0.3) is 0 Å². The summed E-state index contributed by atoms with van der Waals surface area (Å²) in [6.45, 7) is 0.0651. The van der Waals surface area contributed by atoms with Gasteiger partial charge < -0.3 is 15.4 Å². The fourth-order valence-corrected chi connectivity index (χ4v) is 3.23. The minimum Gasteiger partial charge on any atom is -0.445 e. The van der Waals surface area contributed by atoms with Gasteiger partial charge in [-0.2, -0.15) is 0 Å². The number of nitro groups is 1. The molecule has 0 fully saturated rings. The number of amides is 2. The van der Waals surface area contributed by atoms with Crippen molar-refractivity contribution in [1.29, 1.82) is 0 Å². The maximum Gasteiger partial charge on any atom is 0.408 e. The summed E-state index contributed by atoms with van der Waals surface area (Å²) >= 11 is 2.16. The van der Waals surface area contributed by atoms with Crippen LogP contribution < -0.4 is 10.6 Å². The van der Waals surface area contributed by atoms with Gasteiger partial charge in [0.2, 0.25) is 5.91 Å². The molecule has 2 amide bonds. The predicted molar refractivity (Wildman–Crippen MR) is 128 cm³/mol. The van der Waals surface area contributed by atoms with Gasteiger partial charge in [-0.1, -0.05) is 42.5 Å². The second-order valence-corrected chi connectivity index (χ2v) is 8.13. The molecule has 3 aromatic rings. The Morgan fingerprint density at radius 3 is 2.22 bits per heavy atom. The monoisotopic (exact) mass is 545 g/mol. The van der Waals surface area contributed by atoms with Crippen molar-refractivity contribution >= 4 is 46.0 Å². The number of ether oxygens (including phenoxy) is 1. The number of anilines is 1. The number of nitrogens with zero attached hydrogens (tertiary/aromatic N) is 1. The molecule has 9 heteroatoms. The lowest BCUT2D eigenvalue weighted by Gasteiger charge is -2.19. The third kappa shape index (κ3) is 7.05. The first-order chi connectivity index (χ1) is 15.4. The molecule has 0 heterocycles. The first-order valence-electron chi connectivity index (χ1n) is 9.67. The molecule has 0 aliphatic heterocycles. The Balaban J connectivity index is 1.69. The van der Waals surface area contributed by atoms with Gasteiger partial charge in [0.25, 0.3) is 5.69 Å². The van der Waals surface area contributed by atoms with Crippen molar-refractivity contribution in [3.05, 3.63) is 104 Å². The third-order valence-electron chi connectivity index (χ3n) is 4.52. The highest BCUT2D eigenvalue weighted by Crippen LogP contribution is 2.15. The molecule has 0 aliphatic rings. The molecule has 32 heavy (non-hydrogen) atoms. The molecule has 1 atom stereocenters. The standard InChI is InChI=1S/C23H20IN3O5/c24-18-8-10-19(11-9-18)25-22(28)21(14-16-6-12-20(13-7-16)27(30)31)26-23(29)32-15-17-4-2-1-3-5-17/h1-13,21H,14-15H2,(H,25,28)(H,26,29)/t21-/m1/s1. The van der Waals surface area contributed by atoms with Crippen LogP contribution in [0.5, 0.6) is 0 Å². The molecule has 0 unspecified atom stereocenters. The Hall–Kier alpha value is -3.47. The SMILES string of the molecule is O=C(N[C@H](Cc1ccc([N+](=O)[O-])cc1)C(=O)Nc1ccc(I)cc1)OCc1ccccc1. The van der Waals surface area contributed by atoms with Gasteiger partial charge in [0.15, 0.2) is 0 Å². The fraction of sp³-hybridized carbons (Fsp3) is 0.130. The van der Waals surface area contributed by atoms with Crippen molar-refractivity contribution in [2.24, 2.45) is 0 Å². The average molecular weight is 545 g/mol. The molecule has 3 aromatic carbocycles. The van der Waals surface area contributed by atoms with E-state index in [2.05, 4.69) is 33.2 Å².